The highest BCUT2D eigenvalue weighted by Crippen LogP contribution is 2.28. The van der Waals surface area contributed by atoms with Crippen LogP contribution >= 0.6 is 0 Å². The number of benzene rings is 1. The van der Waals surface area contributed by atoms with E-state index in [4.69, 9.17) is 9.40 Å². The Labute approximate surface area is 174 Å². The molecular weight excluding hydrogens is 378 g/mol. The molecule has 154 valence electrons. The Morgan fingerprint density at radius 2 is 2.10 bits per heavy atom. The molecule has 7 nitrogen and oxygen atoms in total. The Bertz CT molecular complexity index is 1170. The monoisotopic (exact) mass is 403 g/mol. The lowest BCUT2D eigenvalue weighted by Gasteiger charge is -2.31. The molecule has 30 heavy (non-hydrogen) atoms. The fraction of sp³-hybridized carbons (Fsp3) is 0.348. The number of para-hydroxylation sites is 2. The molecule has 0 bridgehead atoms. The largest absolute Gasteiger partial charge is 0.454 e. The van der Waals surface area contributed by atoms with Gasteiger partial charge in [-0.05, 0) is 57.0 Å². The number of nitrogens with zero attached hydrogens (tertiary/aromatic N) is 4. The van der Waals surface area contributed by atoms with Gasteiger partial charge in [0, 0.05) is 24.7 Å². The van der Waals surface area contributed by atoms with Crippen LogP contribution in [0.1, 0.15) is 52.3 Å². The molecule has 0 saturated carbocycles. The van der Waals surface area contributed by atoms with E-state index in [-0.39, 0.29) is 11.8 Å². The quantitative estimate of drug-likeness (QED) is 0.558. The van der Waals surface area contributed by atoms with Crippen LogP contribution < -0.4 is 0 Å². The molecule has 4 aromatic rings. The Balaban J connectivity index is 1.30. The number of H-pyrrole nitrogens is 1. The number of amides is 1. The van der Waals surface area contributed by atoms with Crippen LogP contribution in [0.2, 0.25) is 0 Å². The van der Waals surface area contributed by atoms with Crippen LogP contribution in [0.3, 0.4) is 0 Å². The van der Waals surface area contributed by atoms with Crippen LogP contribution in [0.15, 0.2) is 46.9 Å². The first-order valence-electron chi connectivity index (χ1n) is 10.4. The SMILES string of the molecule is Cc1cc(C)n(Cc2ccc(C(=O)N3CCCC(c4nc5ccccc5[nH]4)C3)o2)n1. The van der Waals surface area contributed by atoms with Gasteiger partial charge in [-0.15, -0.1) is 0 Å². The van der Waals surface area contributed by atoms with E-state index in [1.807, 2.05) is 59.8 Å². The second-order valence-electron chi connectivity index (χ2n) is 8.08. The fourth-order valence-corrected chi connectivity index (χ4v) is 4.27. The van der Waals surface area contributed by atoms with Crippen LogP contribution in [-0.2, 0) is 6.54 Å². The highest BCUT2D eigenvalue weighted by Gasteiger charge is 2.28. The van der Waals surface area contributed by atoms with Gasteiger partial charge in [0.2, 0.25) is 0 Å². The molecule has 0 radical (unpaired) electrons. The number of nitrogens with one attached hydrogen (secondary N) is 1. The lowest BCUT2D eigenvalue weighted by atomic mass is 9.97. The minimum atomic E-state index is -0.0598. The van der Waals surface area contributed by atoms with Gasteiger partial charge in [-0.3, -0.25) is 9.48 Å². The van der Waals surface area contributed by atoms with E-state index >= 15 is 0 Å². The minimum absolute atomic E-state index is 0.0598. The molecule has 1 saturated heterocycles. The maximum Gasteiger partial charge on any atom is 0.289 e. The molecule has 1 aliphatic heterocycles. The third kappa shape index (κ3) is 3.51. The zero-order chi connectivity index (χ0) is 20.7. The Morgan fingerprint density at radius 3 is 2.90 bits per heavy atom. The molecule has 0 spiro atoms. The normalized spacial score (nSPS) is 17.0. The summed E-state index contributed by atoms with van der Waals surface area (Å²) in [5.74, 6) is 2.22. The third-order valence-electron chi connectivity index (χ3n) is 5.78. The van der Waals surface area contributed by atoms with Gasteiger partial charge in [-0.2, -0.15) is 5.10 Å². The topological polar surface area (TPSA) is 80.0 Å². The molecule has 1 amide bonds. The van der Waals surface area contributed by atoms with Crippen molar-refractivity contribution >= 4 is 16.9 Å². The minimum Gasteiger partial charge on any atom is -0.454 e. The van der Waals surface area contributed by atoms with Crippen molar-refractivity contribution in [3.8, 4) is 0 Å². The van der Waals surface area contributed by atoms with Crippen LogP contribution in [0.5, 0.6) is 0 Å². The maximum absolute atomic E-state index is 13.1. The summed E-state index contributed by atoms with van der Waals surface area (Å²) in [6.45, 7) is 5.89. The van der Waals surface area contributed by atoms with Crippen molar-refractivity contribution in [1.82, 2.24) is 24.6 Å². The van der Waals surface area contributed by atoms with Crippen LogP contribution in [0, 0.1) is 13.8 Å². The number of aromatic nitrogens is 4. The number of fused-ring (bicyclic) bond motifs is 1. The zero-order valence-corrected chi connectivity index (χ0v) is 17.3. The number of furan rings is 1. The van der Waals surface area contributed by atoms with Gasteiger partial charge in [0.05, 0.1) is 23.3 Å². The van der Waals surface area contributed by atoms with Crippen molar-refractivity contribution in [2.45, 2.75) is 39.2 Å². The van der Waals surface area contributed by atoms with Crippen molar-refractivity contribution in [3.63, 3.8) is 0 Å². The number of likely N-dealkylation sites (tertiary alicyclic amines) is 1. The number of aromatic amines is 1. The summed E-state index contributed by atoms with van der Waals surface area (Å²) in [4.78, 5) is 23.1. The first kappa shape index (κ1) is 18.7. The summed E-state index contributed by atoms with van der Waals surface area (Å²) < 4.78 is 7.77. The molecular formula is C23H25N5O2. The molecule has 1 fully saturated rings. The van der Waals surface area contributed by atoms with E-state index < -0.39 is 0 Å². The second kappa shape index (κ2) is 7.48. The van der Waals surface area contributed by atoms with Crippen molar-refractivity contribution in [1.29, 1.82) is 0 Å². The van der Waals surface area contributed by atoms with Crippen LogP contribution in [0.25, 0.3) is 11.0 Å². The molecule has 3 aromatic heterocycles. The first-order valence-corrected chi connectivity index (χ1v) is 10.4. The first-order chi connectivity index (χ1) is 14.6. The van der Waals surface area contributed by atoms with Crippen molar-refractivity contribution < 1.29 is 9.21 Å². The molecule has 1 N–H and O–H groups in total. The second-order valence-corrected chi connectivity index (χ2v) is 8.08. The van der Waals surface area contributed by atoms with Gasteiger partial charge in [-0.25, -0.2) is 4.98 Å². The van der Waals surface area contributed by atoms with E-state index in [2.05, 4.69) is 10.1 Å². The number of hydrogen-bond donors (Lipinski definition) is 1. The summed E-state index contributed by atoms with van der Waals surface area (Å²) in [6, 6.07) is 13.7. The number of hydrogen-bond acceptors (Lipinski definition) is 4. The average molecular weight is 403 g/mol. The van der Waals surface area contributed by atoms with E-state index in [0.29, 0.717) is 18.8 Å². The summed E-state index contributed by atoms with van der Waals surface area (Å²) in [6.07, 6.45) is 1.97. The van der Waals surface area contributed by atoms with Crippen molar-refractivity contribution in [2.75, 3.05) is 13.1 Å². The van der Waals surface area contributed by atoms with Gasteiger partial charge in [0.15, 0.2) is 5.76 Å². The lowest BCUT2D eigenvalue weighted by Crippen LogP contribution is -2.39. The highest BCUT2D eigenvalue weighted by molar-refractivity contribution is 5.91. The zero-order valence-electron chi connectivity index (χ0n) is 17.3. The number of carbonyl (C=O) groups is 1. The van der Waals surface area contributed by atoms with Gasteiger partial charge in [0.1, 0.15) is 11.6 Å². The van der Waals surface area contributed by atoms with Crippen LogP contribution in [-0.4, -0.2) is 43.6 Å². The molecule has 5 rings (SSSR count). The van der Waals surface area contributed by atoms with Gasteiger partial charge in [-0.1, -0.05) is 12.1 Å². The number of carbonyl (C=O) groups excluding carboxylic acids is 1. The van der Waals surface area contributed by atoms with E-state index in [1.165, 1.54) is 0 Å². The Morgan fingerprint density at radius 1 is 1.23 bits per heavy atom. The van der Waals surface area contributed by atoms with Crippen molar-refractivity contribution in [2.24, 2.45) is 0 Å². The van der Waals surface area contributed by atoms with Gasteiger partial charge >= 0.3 is 0 Å². The standard InChI is InChI=1S/C23H25N5O2/c1-15-12-16(2)28(26-15)14-18-9-10-21(30-18)23(29)27-11-5-6-17(13-27)22-24-19-7-3-4-8-20(19)25-22/h3-4,7-10,12,17H,5-6,11,13-14H2,1-2H3,(H,24,25). The molecule has 0 aliphatic carbocycles. The number of imidazole rings is 1. The smallest absolute Gasteiger partial charge is 0.289 e. The summed E-state index contributed by atoms with van der Waals surface area (Å²) >= 11 is 0. The molecule has 1 aliphatic rings. The summed E-state index contributed by atoms with van der Waals surface area (Å²) in [5, 5.41) is 4.46. The molecule has 4 heterocycles. The maximum atomic E-state index is 13.1. The number of aryl methyl sites for hydroxylation is 2. The highest BCUT2D eigenvalue weighted by atomic mass is 16.4. The number of piperidine rings is 1. The fourth-order valence-electron chi connectivity index (χ4n) is 4.27. The predicted octanol–water partition coefficient (Wildman–Crippen LogP) is 4.04. The van der Waals surface area contributed by atoms with Crippen molar-refractivity contribution in [3.05, 3.63) is 71.2 Å². The van der Waals surface area contributed by atoms with E-state index in [0.717, 1.165) is 53.4 Å². The Kier molecular flexibility index (Phi) is 4.65. The predicted molar refractivity (Wildman–Crippen MR) is 113 cm³/mol. The molecule has 1 atom stereocenters. The Hall–Kier alpha value is -3.35. The van der Waals surface area contributed by atoms with E-state index in [1.54, 1.807) is 6.07 Å². The van der Waals surface area contributed by atoms with Crippen LogP contribution in [0.4, 0.5) is 0 Å². The lowest BCUT2D eigenvalue weighted by molar-refractivity contribution is 0.0670. The summed E-state index contributed by atoms with van der Waals surface area (Å²) in [5.41, 5.74) is 4.05. The van der Waals surface area contributed by atoms with Gasteiger partial charge < -0.3 is 14.3 Å². The molecule has 1 aromatic carbocycles. The number of rotatable bonds is 4. The molecule has 7 heteroatoms. The van der Waals surface area contributed by atoms with Gasteiger partial charge in [0.25, 0.3) is 5.91 Å². The summed E-state index contributed by atoms with van der Waals surface area (Å²) in [7, 11) is 0. The van der Waals surface area contributed by atoms with E-state index in [9.17, 15) is 4.79 Å². The average Bonchev–Trinajstić information content (AvgIpc) is 3.46. The molecule has 1 unspecified atom stereocenters. The third-order valence-corrected chi connectivity index (χ3v) is 5.78.